The number of Topliss-reactive ketones (excluding diaryl/α,β-unsaturated/α-hetero) is 1. The number of pyridine rings is 1. The van der Waals surface area contributed by atoms with Crippen LogP contribution in [0.5, 0.6) is 5.75 Å². The Morgan fingerprint density at radius 2 is 1.93 bits per heavy atom. The number of amides is 1. The van der Waals surface area contributed by atoms with E-state index >= 15 is 0 Å². The summed E-state index contributed by atoms with van der Waals surface area (Å²) in [6.45, 7) is 2.53. The standard InChI is InChI=1S/C22H23BrN2O4/c1-3-4-5-12-25-19(14-8-10-24-11-9-14)18(21(27)22(25)28)20(26)15-6-7-17(29-2)16(23)13-15/h6-11,13,19,26H,3-5,12H2,1-2H3/b20-18-. The Morgan fingerprint density at radius 3 is 2.55 bits per heavy atom. The molecule has 6 nitrogen and oxygen atoms in total. The summed E-state index contributed by atoms with van der Waals surface area (Å²) < 4.78 is 5.87. The van der Waals surface area contributed by atoms with E-state index in [1.165, 1.54) is 0 Å². The van der Waals surface area contributed by atoms with Crippen molar-refractivity contribution in [3.63, 3.8) is 0 Å². The van der Waals surface area contributed by atoms with E-state index in [0.29, 0.717) is 22.3 Å². The fraction of sp³-hybridized carbons (Fsp3) is 0.318. The number of carbonyl (C=O) groups is 2. The highest BCUT2D eigenvalue weighted by Crippen LogP contribution is 2.40. The molecule has 1 unspecified atom stereocenters. The van der Waals surface area contributed by atoms with E-state index in [1.807, 2.05) is 0 Å². The molecule has 1 aromatic heterocycles. The largest absolute Gasteiger partial charge is 0.507 e. The van der Waals surface area contributed by atoms with Crippen molar-refractivity contribution in [2.24, 2.45) is 0 Å². The highest BCUT2D eigenvalue weighted by Gasteiger charge is 2.45. The number of likely N-dealkylation sites (tertiary alicyclic amines) is 1. The summed E-state index contributed by atoms with van der Waals surface area (Å²) in [5.74, 6) is -0.858. The molecule has 0 saturated carbocycles. The lowest BCUT2D eigenvalue weighted by atomic mass is 9.96. The summed E-state index contributed by atoms with van der Waals surface area (Å²) in [7, 11) is 1.55. The van der Waals surface area contributed by atoms with Gasteiger partial charge >= 0.3 is 0 Å². The van der Waals surface area contributed by atoms with Crippen molar-refractivity contribution in [1.29, 1.82) is 0 Å². The highest BCUT2D eigenvalue weighted by molar-refractivity contribution is 9.10. The number of hydrogen-bond donors (Lipinski definition) is 1. The van der Waals surface area contributed by atoms with Crippen LogP contribution in [0, 0.1) is 0 Å². The van der Waals surface area contributed by atoms with E-state index in [-0.39, 0.29) is 11.3 Å². The van der Waals surface area contributed by atoms with E-state index in [0.717, 1.165) is 24.8 Å². The summed E-state index contributed by atoms with van der Waals surface area (Å²) in [6.07, 6.45) is 5.98. The molecule has 7 heteroatoms. The Kier molecular flexibility index (Phi) is 6.69. The first-order valence-electron chi connectivity index (χ1n) is 9.51. The number of aromatic nitrogens is 1. The van der Waals surface area contributed by atoms with Crippen LogP contribution in [0.3, 0.4) is 0 Å². The summed E-state index contributed by atoms with van der Waals surface area (Å²) in [5.41, 5.74) is 1.27. The van der Waals surface area contributed by atoms with Gasteiger partial charge in [0.05, 0.1) is 23.2 Å². The van der Waals surface area contributed by atoms with Crippen molar-refractivity contribution in [2.45, 2.75) is 32.2 Å². The van der Waals surface area contributed by atoms with Crippen molar-refractivity contribution in [3.8, 4) is 5.75 Å². The van der Waals surface area contributed by atoms with E-state index in [1.54, 1.807) is 54.7 Å². The maximum Gasteiger partial charge on any atom is 0.295 e. The van der Waals surface area contributed by atoms with Crippen molar-refractivity contribution in [3.05, 3.63) is 63.9 Å². The number of benzene rings is 1. The Labute approximate surface area is 178 Å². The number of ether oxygens (including phenoxy) is 1. The Morgan fingerprint density at radius 1 is 1.21 bits per heavy atom. The van der Waals surface area contributed by atoms with Gasteiger partial charge in [-0.3, -0.25) is 14.6 Å². The minimum atomic E-state index is -0.673. The Bertz CT molecular complexity index is 943. The number of hydrogen-bond acceptors (Lipinski definition) is 5. The molecular formula is C22H23BrN2O4. The third kappa shape index (κ3) is 4.19. The van der Waals surface area contributed by atoms with Gasteiger partial charge in [0.1, 0.15) is 11.5 Å². The molecule has 1 saturated heterocycles. The molecule has 3 rings (SSSR count). The van der Waals surface area contributed by atoms with Crippen molar-refractivity contribution >= 4 is 33.4 Å². The average Bonchev–Trinajstić information content (AvgIpc) is 2.99. The van der Waals surface area contributed by atoms with Gasteiger partial charge in [-0.05, 0) is 58.2 Å². The van der Waals surface area contributed by atoms with Gasteiger partial charge in [-0.25, -0.2) is 0 Å². The number of methoxy groups -OCH3 is 1. The molecule has 1 atom stereocenters. The van der Waals surface area contributed by atoms with Crippen LogP contribution >= 0.6 is 15.9 Å². The fourth-order valence-corrected chi connectivity index (χ4v) is 4.04. The molecule has 29 heavy (non-hydrogen) atoms. The number of halogens is 1. The van der Waals surface area contributed by atoms with Crippen molar-refractivity contribution in [2.75, 3.05) is 13.7 Å². The number of carbonyl (C=O) groups excluding carboxylic acids is 2. The first kappa shape index (κ1) is 21.0. The molecule has 152 valence electrons. The topological polar surface area (TPSA) is 79.7 Å². The maximum absolute atomic E-state index is 12.9. The Balaban J connectivity index is 2.11. The quantitative estimate of drug-likeness (QED) is 0.286. The minimum Gasteiger partial charge on any atom is -0.507 e. The summed E-state index contributed by atoms with van der Waals surface area (Å²) >= 11 is 3.40. The molecule has 1 aromatic carbocycles. The molecule has 1 aliphatic heterocycles. The molecule has 0 radical (unpaired) electrons. The predicted molar refractivity (Wildman–Crippen MR) is 113 cm³/mol. The molecule has 0 bridgehead atoms. The van der Waals surface area contributed by atoms with Crippen LogP contribution in [0.15, 0.2) is 52.8 Å². The second kappa shape index (κ2) is 9.22. The van der Waals surface area contributed by atoms with Gasteiger partial charge in [0, 0.05) is 24.5 Å². The third-order valence-electron chi connectivity index (χ3n) is 4.99. The molecule has 1 N–H and O–H groups in total. The number of aliphatic hydroxyl groups is 1. The molecule has 1 aliphatic rings. The number of aliphatic hydroxyl groups excluding tert-OH is 1. The number of ketones is 1. The van der Waals surface area contributed by atoms with Crippen LogP contribution in [-0.4, -0.2) is 40.3 Å². The highest BCUT2D eigenvalue weighted by atomic mass is 79.9. The second-order valence-corrected chi connectivity index (χ2v) is 7.68. The number of nitrogens with zero attached hydrogens (tertiary/aromatic N) is 2. The van der Waals surface area contributed by atoms with Gasteiger partial charge in [-0.2, -0.15) is 0 Å². The third-order valence-corrected chi connectivity index (χ3v) is 5.61. The lowest BCUT2D eigenvalue weighted by Gasteiger charge is -2.25. The molecular weight excluding hydrogens is 436 g/mol. The lowest BCUT2D eigenvalue weighted by Crippen LogP contribution is -2.30. The Hall–Kier alpha value is -2.67. The van der Waals surface area contributed by atoms with Gasteiger partial charge in [0.25, 0.3) is 11.7 Å². The zero-order valence-corrected chi connectivity index (χ0v) is 18.0. The van der Waals surface area contributed by atoms with Crippen LogP contribution in [0.4, 0.5) is 0 Å². The second-order valence-electron chi connectivity index (χ2n) is 6.83. The zero-order valence-electron chi connectivity index (χ0n) is 16.4. The lowest BCUT2D eigenvalue weighted by molar-refractivity contribution is -0.139. The zero-order chi connectivity index (χ0) is 21.0. The predicted octanol–water partition coefficient (Wildman–Crippen LogP) is 4.46. The SMILES string of the molecule is CCCCCN1C(=O)C(=O)/C(=C(\O)c2ccc(OC)c(Br)c2)C1c1ccncc1. The minimum absolute atomic E-state index is 0.0924. The first-order valence-corrected chi connectivity index (χ1v) is 10.3. The molecule has 0 spiro atoms. The van der Waals surface area contributed by atoms with Crippen molar-refractivity contribution < 1.29 is 19.4 Å². The smallest absolute Gasteiger partial charge is 0.295 e. The van der Waals surface area contributed by atoms with E-state index in [4.69, 9.17) is 4.74 Å². The fourth-order valence-electron chi connectivity index (χ4n) is 3.50. The van der Waals surface area contributed by atoms with Gasteiger partial charge in [-0.1, -0.05) is 19.8 Å². The molecule has 0 aliphatic carbocycles. The van der Waals surface area contributed by atoms with Gasteiger partial charge in [0.15, 0.2) is 0 Å². The number of unbranched alkanes of at least 4 members (excludes halogenated alkanes) is 2. The normalized spacial score (nSPS) is 18.3. The van der Waals surface area contributed by atoms with Crippen LogP contribution in [0.25, 0.3) is 5.76 Å². The maximum atomic E-state index is 12.9. The van der Waals surface area contributed by atoms with Crippen LogP contribution < -0.4 is 4.74 Å². The average molecular weight is 459 g/mol. The summed E-state index contributed by atoms with van der Waals surface area (Å²) in [6, 6.07) is 7.91. The van der Waals surface area contributed by atoms with E-state index < -0.39 is 17.7 Å². The van der Waals surface area contributed by atoms with Crippen molar-refractivity contribution in [1.82, 2.24) is 9.88 Å². The number of rotatable bonds is 7. The van der Waals surface area contributed by atoms with Gasteiger partial charge in [0.2, 0.25) is 0 Å². The summed E-state index contributed by atoms with van der Waals surface area (Å²) in [5, 5.41) is 11.0. The molecule has 1 fully saturated rings. The van der Waals surface area contributed by atoms with Gasteiger partial charge < -0.3 is 14.7 Å². The first-order chi connectivity index (χ1) is 14.0. The van der Waals surface area contributed by atoms with Crippen LogP contribution in [0.1, 0.15) is 43.4 Å². The van der Waals surface area contributed by atoms with Gasteiger partial charge in [-0.15, -0.1) is 0 Å². The van der Waals surface area contributed by atoms with Crippen LogP contribution in [-0.2, 0) is 9.59 Å². The molecule has 2 heterocycles. The molecule has 1 amide bonds. The van der Waals surface area contributed by atoms with E-state index in [9.17, 15) is 14.7 Å². The molecule has 2 aromatic rings. The van der Waals surface area contributed by atoms with E-state index in [2.05, 4.69) is 27.8 Å². The van der Waals surface area contributed by atoms with Crippen LogP contribution in [0.2, 0.25) is 0 Å². The summed E-state index contributed by atoms with van der Waals surface area (Å²) in [4.78, 5) is 31.3. The monoisotopic (exact) mass is 458 g/mol.